The molecule has 0 saturated carbocycles. The van der Waals surface area contributed by atoms with E-state index >= 15 is 0 Å². The maximum absolute atomic E-state index is 5.95. The Morgan fingerprint density at radius 2 is 2.12 bits per heavy atom. The van der Waals surface area contributed by atoms with E-state index in [1.54, 1.807) is 0 Å². The fourth-order valence-electron chi connectivity index (χ4n) is 2.07. The highest BCUT2D eigenvalue weighted by Crippen LogP contribution is 2.23. The lowest BCUT2D eigenvalue weighted by Gasteiger charge is -2.14. The molecule has 0 spiro atoms. The fourth-order valence-corrected chi connectivity index (χ4v) is 2.07. The SMILES string of the molecule is CCCC(C)n1c(N)nc2ccc(C)nc21. The lowest BCUT2D eigenvalue weighted by molar-refractivity contribution is 0.515. The second-order valence-corrected chi connectivity index (χ2v) is 4.27. The Bertz CT molecular complexity index is 501. The summed E-state index contributed by atoms with van der Waals surface area (Å²) in [7, 11) is 0. The molecule has 1 unspecified atom stereocenters. The predicted molar refractivity (Wildman–Crippen MR) is 66.3 cm³/mol. The third kappa shape index (κ3) is 1.75. The molecule has 2 N–H and O–H groups in total. The summed E-state index contributed by atoms with van der Waals surface area (Å²) in [5.41, 5.74) is 8.73. The number of anilines is 1. The Balaban J connectivity index is 2.58. The molecule has 0 aliphatic carbocycles. The number of hydrogen-bond donors (Lipinski definition) is 1. The lowest BCUT2D eigenvalue weighted by atomic mass is 10.2. The number of imidazole rings is 1. The summed E-state index contributed by atoms with van der Waals surface area (Å²) in [4.78, 5) is 8.86. The van der Waals surface area contributed by atoms with Crippen LogP contribution in [0.15, 0.2) is 12.1 Å². The number of aryl methyl sites for hydroxylation is 1. The van der Waals surface area contributed by atoms with Gasteiger partial charge in [-0.2, -0.15) is 0 Å². The van der Waals surface area contributed by atoms with Gasteiger partial charge < -0.3 is 5.73 Å². The minimum Gasteiger partial charge on any atom is -0.369 e. The highest BCUT2D eigenvalue weighted by Gasteiger charge is 2.14. The smallest absolute Gasteiger partial charge is 0.202 e. The summed E-state index contributed by atoms with van der Waals surface area (Å²) >= 11 is 0. The summed E-state index contributed by atoms with van der Waals surface area (Å²) in [5, 5.41) is 0. The van der Waals surface area contributed by atoms with E-state index in [1.165, 1.54) is 0 Å². The van der Waals surface area contributed by atoms with Gasteiger partial charge in [0, 0.05) is 11.7 Å². The Morgan fingerprint density at radius 3 is 2.81 bits per heavy atom. The molecule has 2 rings (SSSR count). The van der Waals surface area contributed by atoms with Crippen molar-refractivity contribution in [1.82, 2.24) is 14.5 Å². The van der Waals surface area contributed by atoms with Crippen LogP contribution in [0, 0.1) is 6.92 Å². The molecule has 0 fully saturated rings. The van der Waals surface area contributed by atoms with E-state index in [9.17, 15) is 0 Å². The summed E-state index contributed by atoms with van der Waals surface area (Å²) in [6.45, 7) is 6.31. The van der Waals surface area contributed by atoms with E-state index in [2.05, 4.69) is 23.8 Å². The predicted octanol–water partition coefficient (Wildman–Crippen LogP) is 2.68. The van der Waals surface area contributed by atoms with Crippen LogP contribution in [-0.4, -0.2) is 14.5 Å². The van der Waals surface area contributed by atoms with Crippen molar-refractivity contribution in [3.8, 4) is 0 Å². The van der Waals surface area contributed by atoms with Gasteiger partial charge in [0.1, 0.15) is 5.52 Å². The van der Waals surface area contributed by atoms with Crippen LogP contribution in [0.4, 0.5) is 5.95 Å². The Kier molecular flexibility index (Phi) is 2.81. The van der Waals surface area contributed by atoms with Crippen LogP contribution in [0.25, 0.3) is 11.2 Å². The maximum Gasteiger partial charge on any atom is 0.202 e. The van der Waals surface area contributed by atoms with E-state index < -0.39 is 0 Å². The minimum absolute atomic E-state index is 0.351. The van der Waals surface area contributed by atoms with Gasteiger partial charge in [0.05, 0.1) is 0 Å². The number of fused-ring (bicyclic) bond motifs is 1. The quantitative estimate of drug-likeness (QED) is 0.861. The van der Waals surface area contributed by atoms with Crippen LogP contribution in [0.3, 0.4) is 0 Å². The van der Waals surface area contributed by atoms with Crippen LogP contribution in [-0.2, 0) is 0 Å². The van der Waals surface area contributed by atoms with Crippen LogP contribution >= 0.6 is 0 Å². The molecule has 0 bridgehead atoms. The first-order valence-electron chi connectivity index (χ1n) is 5.74. The first-order valence-corrected chi connectivity index (χ1v) is 5.74. The second-order valence-electron chi connectivity index (χ2n) is 4.27. The number of pyridine rings is 1. The number of nitrogens with zero attached hydrogens (tertiary/aromatic N) is 3. The average molecular weight is 218 g/mol. The van der Waals surface area contributed by atoms with E-state index in [-0.39, 0.29) is 0 Å². The van der Waals surface area contributed by atoms with Gasteiger partial charge in [0.25, 0.3) is 0 Å². The van der Waals surface area contributed by atoms with Crippen LogP contribution in [0.1, 0.15) is 38.4 Å². The first kappa shape index (κ1) is 10.9. The molecule has 16 heavy (non-hydrogen) atoms. The Labute approximate surface area is 95.5 Å². The molecular formula is C12H18N4. The standard InChI is InChI=1S/C12H18N4/c1-4-5-9(3)16-11-10(15-12(16)13)7-6-8(2)14-11/h6-7,9H,4-5H2,1-3H3,(H2,13,15). The van der Waals surface area contributed by atoms with Crippen molar-refractivity contribution in [2.45, 2.75) is 39.7 Å². The lowest BCUT2D eigenvalue weighted by Crippen LogP contribution is -2.09. The third-order valence-corrected chi connectivity index (χ3v) is 2.85. The summed E-state index contributed by atoms with van der Waals surface area (Å²) in [6.07, 6.45) is 2.22. The molecule has 2 aromatic rings. The molecule has 2 heterocycles. The van der Waals surface area contributed by atoms with Crippen molar-refractivity contribution in [2.24, 2.45) is 0 Å². The normalized spacial score (nSPS) is 13.2. The summed E-state index contributed by atoms with van der Waals surface area (Å²) in [5.74, 6) is 0.564. The number of rotatable bonds is 3. The van der Waals surface area contributed by atoms with Gasteiger partial charge in [0.15, 0.2) is 5.65 Å². The number of nitrogen functional groups attached to an aromatic ring is 1. The van der Waals surface area contributed by atoms with Gasteiger partial charge in [-0.15, -0.1) is 0 Å². The van der Waals surface area contributed by atoms with Crippen LogP contribution in [0.2, 0.25) is 0 Å². The van der Waals surface area contributed by atoms with Gasteiger partial charge in [-0.3, -0.25) is 4.57 Å². The fraction of sp³-hybridized carbons (Fsp3) is 0.500. The number of nitrogens with two attached hydrogens (primary N) is 1. The highest BCUT2D eigenvalue weighted by atomic mass is 15.2. The number of aromatic nitrogens is 3. The molecule has 2 aromatic heterocycles. The van der Waals surface area contributed by atoms with Gasteiger partial charge in [0.2, 0.25) is 5.95 Å². The van der Waals surface area contributed by atoms with Gasteiger partial charge in [-0.1, -0.05) is 13.3 Å². The topological polar surface area (TPSA) is 56.7 Å². The zero-order chi connectivity index (χ0) is 11.7. The molecular weight excluding hydrogens is 200 g/mol. The average Bonchev–Trinajstić information content (AvgIpc) is 2.53. The molecule has 0 aliphatic rings. The van der Waals surface area contributed by atoms with E-state index in [1.807, 2.05) is 23.6 Å². The highest BCUT2D eigenvalue weighted by molar-refractivity contribution is 5.74. The van der Waals surface area contributed by atoms with Crippen molar-refractivity contribution in [1.29, 1.82) is 0 Å². The molecule has 0 amide bonds. The zero-order valence-corrected chi connectivity index (χ0v) is 10.1. The van der Waals surface area contributed by atoms with Crippen molar-refractivity contribution in [3.05, 3.63) is 17.8 Å². The Hall–Kier alpha value is -1.58. The molecule has 0 aliphatic heterocycles. The van der Waals surface area contributed by atoms with Gasteiger partial charge in [-0.05, 0) is 32.4 Å². The summed E-state index contributed by atoms with van der Waals surface area (Å²) < 4.78 is 2.03. The monoisotopic (exact) mass is 218 g/mol. The van der Waals surface area contributed by atoms with Gasteiger partial charge >= 0.3 is 0 Å². The van der Waals surface area contributed by atoms with Crippen LogP contribution in [0.5, 0.6) is 0 Å². The van der Waals surface area contributed by atoms with E-state index in [0.29, 0.717) is 12.0 Å². The maximum atomic E-state index is 5.95. The van der Waals surface area contributed by atoms with Crippen molar-refractivity contribution < 1.29 is 0 Å². The minimum atomic E-state index is 0.351. The second kappa shape index (κ2) is 4.12. The molecule has 0 aromatic carbocycles. The van der Waals surface area contributed by atoms with Crippen molar-refractivity contribution >= 4 is 17.1 Å². The van der Waals surface area contributed by atoms with E-state index in [4.69, 9.17) is 5.73 Å². The molecule has 1 atom stereocenters. The van der Waals surface area contributed by atoms with Crippen LogP contribution < -0.4 is 5.73 Å². The molecule has 86 valence electrons. The zero-order valence-electron chi connectivity index (χ0n) is 10.1. The van der Waals surface area contributed by atoms with Gasteiger partial charge in [-0.25, -0.2) is 9.97 Å². The van der Waals surface area contributed by atoms with Crippen molar-refractivity contribution in [3.63, 3.8) is 0 Å². The van der Waals surface area contributed by atoms with E-state index in [0.717, 1.165) is 29.7 Å². The molecule has 4 heteroatoms. The first-order chi connectivity index (χ1) is 7.63. The molecule has 4 nitrogen and oxygen atoms in total. The third-order valence-electron chi connectivity index (χ3n) is 2.85. The number of hydrogen-bond acceptors (Lipinski definition) is 3. The molecule has 0 radical (unpaired) electrons. The Morgan fingerprint density at radius 1 is 1.38 bits per heavy atom. The molecule has 0 saturated heterocycles. The van der Waals surface area contributed by atoms with Crippen molar-refractivity contribution in [2.75, 3.05) is 5.73 Å². The largest absolute Gasteiger partial charge is 0.369 e. The summed E-state index contributed by atoms with van der Waals surface area (Å²) in [6, 6.07) is 4.29.